The molecule has 2 heterocycles. The minimum atomic E-state index is 0.481. The molecule has 1 aliphatic heterocycles. The molecule has 0 saturated heterocycles. The molecule has 0 unspecified atom stereocenters. The Bertz CT molecular complexity index is 928. The zero-order valence-electron chi connectivity index (χ0n) is 14.7. The van der Waals surface area contributed by atoms with Crippen molar-refractivity contribution in [3.8, 4) is 22.6 Å². The predicted molar refractivity (Wildman–Crippen MR) is 101 cm³/mol. The molecule has 5 rings (SSSR count). The van der Waals surface area contributed by atoms with E-state index >= 15 is 0 Å². The van der Waals surface area contributed by atoms with Crippen LogP contribution in [0.1, 0.15) is 32.1 Å². The van der Waals surface area contributed by atoms with Crippen molar-refractivity contribution in [2.24, 2.45) is 0 Å². The maximum absolute atomic E-state index is 5.89. The number of ether oxygens (including phenoxy) is 2. The van der Waals surface area contributed by atoms with Crippen molar-refractivity contribution >= 4 is 17.1 Å². The third kappa shape index (κ3) is 2.98. The Morgan fingerprint density at radius 2 is 1.62 bits per heavy atom. The van der Waals surface area contributed by atoms with E-state index in [1.165, 1.54) is 32.1 Å². The van der Waals surface area contributed by atoms with Crippen molar-refractivity contribution in [3.63, 3.8) is 0 Å². The molecule has 1 fully saturated rings. The zero-order chi connectivity index (χ0) is 17.3. The molecule has 0 amide bonds. The van der Waals surface area contributed by atoms with Gasteiger partial charge >= 0.3 is 0 Å². The Morgan fingerprint density at radius 3 is 2.50 bits per heavy atom. The molecule has 0 atom stereocenters. The van der Waals surface area contributed by atoms with Crippen LogP contribution in [0.25, 0.3) is 22.2 Å². The molecule has 26 heavy (non-hydrogen) atoms. The van der Waals surface area contributed by atoms with E-state index in [1.807, 2.05) is 18.2 Å². The van der Waals surface area contributed by atoms with Gasteiger partial charge in [0.05, 0.1) is 0 Å². The van der Waals surface area contributed by atoms with Gasteiger partial charge in [0.2, 0.25) is 0 Å². The minimum absolute atomic E-state index is 0.481. The molecule has 1 N–H and O–H groups in total. The van der Waals surface area contributed by atoms with Crippen LogP contribution < -0.4 is 14.8 Å². The molecule has 5 nitrogen and oxygen atoms in total. The van der Waals surface area contributed by atoms with Gasteiger partial charge in [0.15, 0.2) is 17.1 Å². The van der Waals surface area contributed by atoms with Gasteiger partial charge in [-0.15, -0.1) is 0 Å². The number of oxazole rings is 1. The summed E-state index contributed by atoms with van der Waals surface area (Å²) >= 11 is 0. The summed E-state index contributed by atoms with van der Waals surface area (Å²) in [7, 11) is 0. The topological polar surface area (TPSA) is 56.5 Å². The molecule has 3 aromatic rings. The van der Waals surface area contributed by atoms with Gasteiger partial charge in [0.1, 0.15) is 18.7 Å². The van der Waals surface area contributed by atoms with Gasteiger partial charge in [0.25, 0.3) is 6.01 Å². The highest BCUT2D eigenvalue weighted by Gasteiger charge is 2.17. The third-order valence-corrected chi connectivity index (χ3v) is 5.20. The fourth-order valence-corrected chi connectivity index (χ4v) is 3.81. The standard InChI is InChI=1S/C21H22N2O3/c1-2-4-16(5-3-1)22-21-23-17-12-14(6-8-18(17)26-21)15-7-9-19-20(13-15)25-11-10-24-19/h6-9,12-13,16H,1-5,10-11H2,(H,22,23). The van der Waals surface area contributed by atoms with Crippen LogP contribution in [0.3, 0.4) is 0 Å². The van der Waals surface area contributed by atoms with Gasteiger partial charge in [0, 0.05) is 6.04 Å². The molecule has 1 saturated carbocycles. The number of fused-ring (bicyclic) bond motifs is 2. The monoisotopic (exact) mass is 350 g/mol. The molecular formula is C21H22N2O3. The summed E-state index contributed by atoms with van der Waals surface area (Å²) in [6.45, 7) is 1.20. The van der Waals surface area contributed by atoms with Crippen LogP contribution in [0.2, 0.25) is 0 Å². The average Bonchev–Trinajstić information content (AvgIpc) is 3.09. The lowest BCUT2D eigenvalue weighted by Gasteiger charge is -2.21. The second-order valence-corrected chi connectivity index (χ2v) is 7.04. The average molecular weight is 350 g/mol. The summed E-state index contributed by atoms with van der Waals surface area (Å²) in [5.74, 6) is 1.61. The minimum Gasteiger partial charge on any atom is -0.486 e. The molecule has 0 radical (unpaired) electrons. The van der Waals surface area contributed by atoms with Crippen molar-refractivity contribution in [1.82, 2.24) is 4.98 Å². The summed E-state index contributed by atoms with van der Waals surface area (Å²) in [6.07, 6.45) is 6.30. The number of aromatic nitrogens is 1. The van der Waals surface area contributed by atoms with E-state index in [4.69, 9.17) is 13.9 Å². The maximum atomic E-state index is 5.89. The molecule has 134 valence electrons. The zero-order valence-corrected chi connectivity index (χ0v) is 14.7. The fourth-order valence-electron chi connectivity index (χ4n) is 3.81. The SMILES string of the molecule is c1cc2c(cc1-c1ccc3oc(NC4CCCCC4)nc3c1)OCCO2. The van der Waals surface area contributed by atoms with Crippen LogP contribution in [0.5, 0.6) is 11.5 Å². The summed E-state index contributed by atoms with van der Waals surface area (Å²) in [6, 6.07) is 13.3. The molecule has 5 heteroatoms. The van der Waals surface area contributed by atoms with E-state index in [0.29, 0.717) is 25.3 Å². The lowest BCUT2D eigenvalue weighted by Crippen LogP contribution is -2.22. The van der Waals surface area contributed by atoms with E-state index in [0.717, 1.165) is 33.7 Å². The quantitative estimate of drug-likeness (QED) is 0.719. The van der Waals surface area contributed by atoms with E-state index in [2.05, 4.69) is 28.5 Å². The first-order valence-corrected chi connectivity index (χ1v) is 9.42. The fraction of sp³-hybridized carbons (Fsp3) is 0.381. The van der Waals surface area contributed by atoms with Crippen LogP contribution in [-0.4, -0.2) is 24.2 Å². The number of benzene rings is 2. The molecule has 1 aromatic heterocycles. The predicted octanol–water partition coefficient (Wildman–Crippen LogP) is 5.01. The molecule has 0 spiro atoms. The van der Waals surface area contributed by atoms with E-state index in [9.17, 15) is 0 Å². The van der Waals surface area contributed by atoms with Crippen LogP contribution in [0.15, 0.2) is 40.8 Å². The number of rotatable bonds is 3. The van der Waals surface area contributed by atoms with E-state index in [-0.39, 0.29) is 0 Å². The van der Waals surface area contributed by atoms with Crippen molar-refractivity contribution in [2.45, 2.75) is 38.1 Å². The summed E-state index contributed by atoms with van der Waals surface area (Å²) in [5, 5.41) is 3.46. The number of anilines is 1. The highest BCUT2D eigenvalue weighted by molar-refractivity contribution is 5.82. The Balaban J connectivity index is 1.42. The number of hydrogen-bond donors (Lipinski definition) is 1. The lowest BCUT2D eigenvalue weighted by molar-refractivity contribution is 0.171. The first-order valence-electron chi connectivity index (χ1n) is 9.42. The number of hydrogen-bond acceptors (Lipinski definition) is 5. The Labute approximate surface area is 152 Å². The highest BCUT2D eigenvalue weighted by atomic mass is 16.6. The summed E-state index contributed by atoms with van der Waals surface area (Å²) in [4.78, 5) is 4.65. The van der Waals surface area contributed by atoms with Crippen LogP contribution in [0.4, 0.5) is 6.01 Å². The van der Waals surface area contributed by atoms with Crippen molar-refractivity contribution in [1.29, 1.82) is 0 Å². The van der Waals surface area contributed by atoms with Gasteiger partial charge in [-0.05, 0) is 48.2 Å². The van der Waals surface area contributed by atoms with Crippen LogP contribution in [0, 0.1) is 0 Å². The summed E-state index contributed by atoms with van der Waals surface area (Å²) in [5.41, 5.74) is 3.85. The van der Waals surface area contributed by atoms with Gasteiger partial charge in [-0.25, -0.2) is 0 Å². The lowest BCUT2D eigenvalue weighted by atomic mass is 9.96. The van der Waals surface area contributed by atoms with Crippen molar-refractivity contribution in [3.05, 3.63) is 36.4 Å². The Morgan fingerprint density at radius 1 is 0.846 bits per heavy atom. The third-order valence-electron chi connectivity index (χ3n) is 5.20. The molecule has 1 aliphatic carbocycles. The number of nitrogens with zero attached hydrogens (tertiary/aromatic N) is 1. The normalized spacial score (nSPS) is 17.4. The Hall–Kier alpha value is -2.69. The van der Waals surface area contributed by atoms with Gasteiger partial charge in [-0.1, -0.05) is 31.4 Å². The van der Waals surface area contributed by atoms with Crippen molar-refractivity contribution < 1.29 is 13.9 Å². The molecule has 2 aromatic carbocycles. The second kappa shape index (κ2) is 6.56. The maximum Gasteiger partial charge on any atom is 0.295 e. The molecular weight excluding hydrogens is 328 g/mol. The van der Waals surface area contributed by atoms with E-state index in [1.54, 1.807) is 0 Å². The van der Waals surface area contributed by atoms with Gasteiger partial charge in [-0.2, -0.15) is 4.98 Å². The first kappa shape index (κ1) is 15.6. The van der Waals surface area contributed by atoms with Gasteiger partial charge in [-0.3, -0.25) is 0 Å². The largest absolute Gasteiger partial charge is 0.486 e. The van der Waals surface area contributed by atoms with Crippen molar-refractivity contribution in [2.75, 3.05) is 18.5 Å². The first-order chi connectivity index (χ1) is 12.8. The second-order valence-electron chi connectivity index (χ2n) is 7.04. The van der Waals surface area contributed by atoms with Crippen LogP contribution in [-0.2, 0) is 0 Å². The smallest absolute Gasteiger partial charge is 0.295 e. The molecule has 0 bridgehead atoms. The van der Waals surface area contributed by atoms with Crippen LogP contribution >= 0.6 is 0 Å². The Kier molecular flexibility index (Phi) is 3.92. The summed E-state index contributed by atoms with van der Waals surface area (Å²) < 4.78 is 17.2. The van der Waals surface area contributed by atoms with E-state index < -0.39 is 0 Å². The van der Waals surface area contributed by atoms with Gasteiger partial charge < -0.3 is 19.2 Å². The highest BCUT2D eigenvalue weighted by Crippen LogP contribution is 2.35. The number of nitrogens with one attached hydrogen (secondary N) is 1. The molecule has 2 aliphatic rings.